The highest BCUT2D eigenvalue weighted by Gasteiger charge is 2.38. The molecular weight excluding hydrogens is 413 g/mol. The summed E-state index contributed by atoms with van der Waals surface area (Å²) in [4.78, 5) is 3.70. The standard InChI is InChI=1S/C17H10BrF3N4O/c18-11-6-2-1-5-10(11)15-24-23-14(26-15)9-25-13-8-4-3-7-12(13)22-16(25)17(19,20)21/h1-8H,9H2. The van der Waals surface area contributed by atoms with Crippen LogP contribution in [0, 0.1) is 0 Å². The minimum absolute atomic E-state index is 0.0596. The third-order valence-corrected chi connectivity index (χ3v) is 4.46. The Morgan fingerprint density at radius 2 is 1.73 bits per heavy atom. The van der Waals surface area contributed by atoms with Crippen LogP contribution in [0.1, 0.15) is 11.7 Å². The van der Waals surface area contributed by atoms with Gasteiger partial charge >= 0.3 is 6.18 Å². The molecule has 0 aliphatic carbocycles. The van der Waals surface area contributed by atoms with E-state index in [0.717, 1.165) is 9.04 Å². The Balaban J connectivity index is 1.76. The van der Waals surface area contributed by atoms with Crippen LogP contribution in [0.15, 0.2) is 57.4 Å². The van der Waals surface area contributed by atoms with Crippen molar-refractivity contribution in [2.45, 2.75) is 12.7 Å². The van der Waals surface area contributed by atoms with Crippen LogP contribution < -0.4 is 0 Å². The summed E-state index contributed by atoms with van der Waals surface area (Å²) in [6, 6.07) is 13.6. The van der Waals surface area contributed by atoms with Gasteiger partial charge in [-0.1, -0.05) is 24.3 Å². The maximum absolute atomic E-state index is 13.4. The number of fused-ring (bicyclic) bond motifs is 1. The Labute approximate surface area is 153 Å². The first kappa shape index (κ1) is 16.8. The average Bonchev–Trinajstić information content (AvgIpc) is 3.21. The molecule has 0 aliphatic rings. The largest absolute Gasteiger partial charge is 0.449 e. The molecule has 0 bridgehead atoms. The molecule has 0 atom stereocenters. The zero-order valence-corrected chi connectivity index (χ0v) is 14.6. The van der Waals surface area contributed by atoms with Gasteiger partial charge in [0.1, 0.15) is 6.54 Å². The second-order valence-electron chi connectivity index (χ2n) is 5.49. The zero-order valence-electron chi connectivity index (χ0n) is 13.0. The predicted molar refractivity (Wildman–Crippen MR) is 91.3 cm³/mol. The lowest BCUT2D eigenvalue weighted by atomic mass is 10.2. The first-order valence-electron chi connectivity index (χ1n) is 7.53. The quantitative estimate of drug-likeness (QED) is 0.470. The molecule has 9 heteroatoms. The van der Waals surface area contributed by atoms with Crippen molar-refractivity contribution in [3.05, 3.63) is 64.7 Å². The second-order valence-corrected chi connectivity index (χ2v) is 6.34. The molecule has 4 aromatic rings. The number of imidazole rings is 1. The maximum atomic E-state index is 13.4. The van der Waals surface area contributed by atoms with Crippen LogP contribution in [-0.2, 0) is 12.7 Å². The monoisotopic (exact) mass is 422 g/mol. The Hall–Kier alpha value is -2.68. The van der Waals surface area contributed by atoms with Gasteiger partial charge in [-0.2, -0.15) is 13.2 Å². The van der Waals surface area contributed by atoms with E-state index in [9.17, 15) is 13.2 Å². The average molecular weight is 423 g/mol. The fraction of sp³-hybridized carbons (Fsp3) is 0.118. The number of rotatable bonds is 3. The fourth-order valence-corrected chi connectivity index (χ4v) is 3.10. The van der Waals surface area contributed by atoms with E-state index in [1.165, 1.54) is 6.07 Å². The Kier molecular flexibility index (Phi) is 4.03. The SMILES string of the molecule is FC(F)(F)c1nc2ccccc2n1Cc1nnc(-c2ccccc2Br)o1. The second kappa shape index (κ2) is 6.24. The molecule has 0 saturated carbocycles. The van der Waals surface area contributed by atoms with Crippen LogP contribution in [0.3, 0.4) is 0 Å². The maximum Gasteiger partial charge on any atom is 0.449 e. The van der Waals surface area contributed by atoms with E-state index in [2.05, 4.69) is 31.1 Å². The summed E-state index contributed by atoms with van der Waals surface area (Å²) in [6.07, 6.45) is -4.59. The van der Waals surface area contributed by atoms with Crippen molar-refractivity contribution in [1.29, 1.82) is 0 Å². The molecule has 0 saturated heterocycles. The van der Waals surface area contributed by atoms with Crippen molar-refractivity contribution >= 4 is 27.0 Å². The molecule has 2 aromatic carbocycles. The van der Waals surface area contributed by atoms with E-state index in [-0.39, 0.29) is 23.8 Å². The van der Waals surface area contributed by atoms with E-state index in [1.807, 2.05) is 12.1 Å². The van der Waals surface area contributed by atoms with Gasteiger partial charge in [-0.05, 0) is 40.2 Å². The Morgan fingerprint density at radius 1 is 1.00 bits per heavy atom. The number of hydrogen-bond acceptors (Lipinski definition) is 4. The van der Waals surface area contributed by atoms with Gasteiger partial charge in [0.2, 0.25) is 17.6 Å². The minimum Gasteiger partial charge on any atom is -0.419 e. The lowest BCUT2D eigenvalue weighted by molar-refractivity contribution is -0.146. The van der Waals surface area contributed by atoms with Crippen molar-refractivity contribution in [2.24, 2.45) is 0 Å². The molecular formula is C17H10BrF3N4O. The lowest BCUT2D eigenvalue weighted by Crippen LogP contribution is -2.15. The van der Waals surface area contributed by atoms with Crippen LogP contribution in [0.4, 0.5) is 13.2 Å². The molecule has 4 rings (SSSR count). The highest BCUT2D eigenvalue weighted by Crippen LogP contribution is 2.32. The number of benzene rings is 2. The predicted octanol–water partition coefficient (Wildman–Crippen LogP) is 4.92. The first-order valence-corrected chi connectivity index (χ1v) is 8.32. The summed E-state index contributed by atoms with van der Waals surface area (Å²) >= 11 is 3.38. The zero-order chi connectivity index (χ0) is 18.3. The number of alkyl halides is 3. The number of hydrogen-bond donors (Lipinski definition) is 0. The molecule has 0 radical (unpaired) electrons. The summed E-state index contributed by atoms with van der Waals surface area (Å²) in [5.41, 5.74) is 1.27. The molecule has 2 heterocycles. The van der Waals surface area contributed by atoms with Crippen LogP contribution in [0.25, 0.3) is 22.5 Å². The third kappa shape index (κ3) is 2.98. The van der Waals surface area contributed by atoms with Gasteiger partial charge in [-0.15, -0.1) is 10.2 Å². The van der Waals surface area contributed by atoms with Gasteiger partial charge in [0.05, 0.1) is 16.6 Å². The summed E-state index contributed by atoms with van der Waals surface area (Å²) < 4.78 is 47.4. The van der Waals surface area contributed by atoms with Crippen molar-refractivity contribution in [3.63, 3.8) is 0 Å². The van der Waals surface area contributed by atoms with Crippen molar-refractivity contribution in [3.8, 4) is 11.5 Å². The van der Waals surface area contributed by atoms with Gasteiger partial charge in [0.25, 0.3) is 0 Å². The Bertz CT molecular complexity index is 1090. The summed E-state index contributed by atoms with van der Waals surface area (Å²) in [5.74, 6) is -0.714. The topological polar surface area (TPSA) is 56.7 Å². The van der Waals surface area contributed by atoms with E-state index in [0.29, 0.717) is 11.1 Å². The van der Waals surface area contributed by atoms with Crippen LogP contribution in [0.2, 0.25) is 0 Å². The van der Waals surface area contributed by atoms with Crippen LogP contribution in [-0.4, -0.2) is 19.7 Å². The Morgan fingerprint density at radius 3 is 2.50 bits per heavy atom. The fourth-order valence-electron chi connectivity index (χ4n) is 2.65. The summed E-state index contributed by atoms with van der Waals surface area (Å²) in [6.45, 7) is -0.229. The molecule has 0 unspecified atom stereocenters. The number of halogens is 4. The highest BCUT2D eigenvalue weighted by atomic mass is 79.9. The number of para-hydroxylation sites is 2. The lowest BCUT2D eigenvalue weighted by Gasteiger charge is -2.09. The van der Waals surface area contributed by atoms with Gasteiger partial charge in [0.15, 0.2) is 0 Å². The van der Waals surface area contributed by atoms with E-state index >= 15 is 0 Å². The highest BCUT2D eigenvalue weighted by molar-refractivity contribution is 9.10. The van der Waals surface area contributed by atoms with Crippen molar-refractivity contribution in [2.75, 3.05) is 0 Å². The van der Waals surface area contributed by atoms with Crippen LogP contribution in [0.5, 0.6) is 0 Å². The number of nitrogens with zero attached hydrogens (tertiary/aromatic N) is 4. The van der Waals surface area contributed by atoms with Gasteiger partial charge in [0, 0.05) is 4.47 Å². The molecule has 132 valence electrons. The molecule has 0 fully saturated rings. The molecule has 0 N–H and O–H groups in total. The molecule has 26 heavy (non-hydrogen) atoms. The molecule has 2 aromatic heterocycles. The summed E-state index contributed by atoms with van der Waals surface area (Å²) in [5, 5.41) is 7.82. The van der Waals surface area contributed by atoms with E-state index in [1.54, 1.807) is 30.3 Å². The van der Waals surface area contributed by atoms with E-state index in [4.69, 9.17) is 4.42 Å². The molecule has 0 amide bonds. The molecule has 5 nitrogen and oxygen atoms in total. The van der Waals surface area contributed by atoms with E-state index < -0.39 is 12.0 Å². The smallest absolute Gasteiger partial charge is 0.419 e. The first-order chi connectivity index (χ1) is 12.4. The van der Waals surface area contributed by atoms with Gasteiger partial charge in [-0.25, -0.2) is 4.98 Å². The summed E-state index contributed by atoms with van der Waals surface area (Å²) in [7, 11) is 0. The normalized spacial score (nSPS) is 12.0. The third-order valence-electron chi connectivity index (χ3n) is 3.77. The molecule has 0 aliphatic heterocycles. The van der Waals surface area contributed by atoms with Crippen molar-refractivity contribution in [1.82, 2.24) is 19.7 Å². The van der Waals surface area contributed by atoms with Crippen LogP contribution >= 0.6 is 15.9 Å². The van der Waals surface area contributed by atoms with Gasteiger partial charge in [-0.3, -0.25) is 0 Å². The van der Waals surface area contributed by atoms with Crippen molar-refractivity contribution < 1.29 is 17.6 Å². The van der Waals surface area contributed by atoms with Gasteiger partial charge < -0.3 is 8.98 Å². The number of aromatic nitrogens is 4. The molecule has 0 spiro atoms. The minimum atomic E-state index is -4.59.